The van der Waals surface area contributed by atoms with E-state index < -0.39 is 0 Å². The molecule has 19 heavy (non-hydrogen) atoms. The molecule has 0 bridgehead atoms. The summed E-state index contributed by atoms with van der Waals surface area (Å²) in [7, 11) is 2.06. The SMILES string of the molecule is C[n+]1sc(Cc2ccccc2)nc1-c1ccccc1. The molecule has 0 unspecified atom stereocenters. The third-order valence-corrected chi connectivity index (χ3v) is 3.89. The second-order valence-electron chi connectivity index (χ2n) is 4.45. The Hall–Kier alpha value is -2.00. The highest BCUT2D eigenvalue weighted by Crippen LogP contribution is 2.17. The van der Waals surface area contributed by atoms with Crippen molar-refractivity contribution in [3.63, 3.8) is 0 Å². The van der Waals surface area contributed by atoms with Crippen molar-refractivity contribution in [3.8, 4) is 11.4 Å². The lowest BCUT2D eigenvalue weighted by Gasteiger charge is -1.91. The number of nitrogens with zero attached hydrogens (tertiary/aromatic N) is 2. The minimum Gasteiger partial charge on any atom is -0.171 e. The van der Waals surface area contributed by atoms with Crippen LogP contribution in [-0.2, 0) is 13.5 Å². The topological polar surface area (TPSA) is 16.8 Å². The molecule has 94 valence electrons. The Bertz CT molecular complexity index is 660. The summed E-state index contributed by atoms with van der Waals surface area (Å²) in [5, 5.41) is 1.15. The average molecular weight is 267 g/mol. The molecule has 0 fully saturated rings. The van der Waals surface area contributed by atoms with Crippen molar-refractivity contribution >= 4 is 11.5 Å². The molecule has 3 aromatic rings. The van der Waals surface area contributed by atoms with Gasteiger partial charge in [0.2, 0.25) is 5.01 Å². The first-order valence-electron chi connectivity index (χ1n) is 6.28. The van der Waals surface area contributed by atoms with Gasteiger partial charge in [0, 0.05) is 0 Å². The second-order valence-corrected chi connectivity index (χ2v) is 5.65. The van der Waals surface area contributed by atoms with E-state index in [1.807, 2.05) is 24.3 Å². The molecule has 0 N–H and O–H groups in total. The van der Waals surface area contributed by atoms with Gasteiger partial charge in [-0.2, -0.15) is 3.96 Å². The lowest BCUT2D eigenvalue weighted by Crippen LogP contribution is -2.24. The zero-order chi connectivity index (χ0) is 13.1. The molecule has 0 aliphatic heterocycles. The molecular weight excluding hydrogens is 252 g/mol. The monoisotopic (exact) mass is 267 g/mol. The summed E-state index contributed by atoms with van der Waals surface area (Å²) in [5.74, 6) is 1.04. The van der Waals surface area contributed by atoms with Crippen molar-refractivity contribution in [2.45, 2.75) is 6.42 Å². The number of aryl methyl sites for hydroxylation is 1. The lowest BCUT2D eigenvalue weighted by molar-refractivity contribution is -0.591. The Kier molecular flexibility index (Phi) is 3.38. The molecule has 2 aromatic carbocycles. The zero-order valence-electron chi connectivity index (χ0n) is 10.8. The van der Waals surface area contributed by atoms with Crippen LogP contribution in [0.4, 0.5) is 0 Å². The number of rotatable bonds is 3. The zero-order valence-corrected chi connectivity index (χ0v) is 11.6. The van der Waals surface area contributed by atoms with Gasteiger partial charge in [-0.1, -0.05) is 48.5 Å². The molecule has 1 heterocycles. The number of aromatic nitrogens is 2. The van der Waals surface area contributed by atoms with E-state index in [1.54, 1.807) is 11.5 Å². The van der Waals surface area contributed by atoms with Gasteiger partial charge in [0.05, 0.1) is 30.6 Å². The first-order chi connectivity index (χ1) is 9.33. The van der Waals surface area contributed by atoms with Gasteiger partial charge in [0.1, 0.15) is 0 Å². The number of benzene rings is 2. The van der Waals surface area contributed by atoms with Crippen molar-refractivity contribution in [1.82, 2.24) is 4.98 Å². The fourth-order valence-corrected chi connectivity index (χ4v) is 2.99. The Morgan fingerprint density at radius 1 is 0.947 bits per heavy atom. The van der Waals surface area contributed by atoms with Crippen LogP contribution in [0.1, 0.15) is 10.6 Å². The number of hydrogen-bond acceptors (Lipinski definition) is 2. The van der Waals surface area contributed by atoms with Crippen molar-refractivity contribution < 1.29 is 3.96 Å². The van der Waals surface area contributed by atoms with Crippen LogP contribution in [0.3, 0.4) is 0 Å². The van der Waals surface area contributed by atoms with Crippen LogP contribution in [0.15, 0.2) is 60.7 Å². The molecule has 1 aromatic heterocycles. The van der Waals surface area contributed by atoms with E-state index in [1.165, 1.54) is 11.1 Å². The highest BCUT2D eigenvalue weighted by Gasteiger charge is 2.19. The van der Waals surface area contributed by atoms with Gasteiger partial charge >= 0.3 is 5.82 Å². The van der Waals surface area contributed by atoms with E-state index in [0.717, 1.165) is 17.3 Å². The second kappa shape index (κ2) is 5.33. The minimum absolute atomic E-state index is 0.895. The molecule has 3 rings (SSSR count). The molecule has 3 heteroatoms. The van der Waals surface area contributed by atoms with Gasteiger partial charge in [-0.25, -0.2) is 0 Å². The van der Waals surface area contributed by atoms with Crippen molar-refractivity contribution in [3.05, 3.63) is 71.2 Å². The van der Waals surface area contributed by atoms with Crippen LogP contribution >= 0.6 is 11.5 Å². The van der Waals surface area contributed by atoms with E-state index in [2.05, 4.69) is 47.4 Å². The maximum absolute atomic E-state index is 4.76. The van der Waals surface area contributed by atoms with Crippen LogP contribution < -0.4 is 3.96 Å². The highest BCUT2D eigenvalue weighted by molar-refractivity contribution is 7.01. The Balaban J connectivity index is 1.90. The molecule has 0 radical (unpaired) electrons. The lowest BCUT2D eigenvalue weighted by atomic mass is 10.2. The Morgan fingerprint density at radius 3 is 2.26 bits per heavy atom. The van der Waals surface area contributed by atoms with E-state index in [-0.39, 0.29) is 0 Å². The highest BCUT2D eigenvalue weighted by atomic mass is 32.1. The Morgan fingerprint density at radius 2 is 1.58 bits per heavy atom. The molecule has 0 spiro atoms. The van der Waals surface area contributed by atoms with Gasteiger partial charge in [-0.3, -0.25) is 0 Å². The quantitative estimate of drug-likeness (QED) is 0.666. The molecule has 0 amide bonds. The normalized spacial score (nSPS) is 10.6. The van der Waals surface area contributed by atoms with E-state index in [0.29, 0.717) is 0 Å². The summed E-state index contributed by atoms with van der Waals surface area (Å²) in [4.78, 5) is 4.76. The summed E-state index contributed by atoms with van der Waals surface area (Å²) in [6.45, 7) is 0. The predicted molar refractivity (Wildman–Crippen MR) is 78.0 cm³/mol. The maximum atomic E-state index is 4.76. The molecule has 0 saturated heterocycles. The fraction of sp³-hybridized carbons (Fsp3) is 0.125. The van der Waals surface area contributed by atoms with Crippen LogP contribution in [0.2, 0.25) is 0 Å². The van der Waals surface area contributed by atoms with Crippen LogP contribution in [0, 0.1) is 0 Å². The van der Waals surface area contributed by atoms with Gasteiger partial charge in [-0.15, -0.1) is 0 Å². The van der Waals surface area contributed by atoms with Gasteiger partial charge in [-0.05, 0) is 22.7 Å². The average Bonchev–Trinajstić information content (AvgIpc) is 2.82. The Labute approximate surface area is 117 Å². The summed E-state index contributed by atoms with van der Waals surface area (Å²) in [5.41, 5.74) is 2.47. The minimum atomic E-state index is 0.895. The third kappa shape index (κ3) is 2.71. The third-order valence-electron chi connectivity index (χ3n) is 3.00. The largest absolute Gasteiger partial charge is 0.342 e. The maximum Gasteiger partial charge on any atom is 0.342 e. The molecule has 0 saturated carbocycles. The van der Waals surface area contributed by atoms with E-state index >= 15 is 0 Å². The number of hydrogen-bond donors (Lipinski definition) is 0. The smallest absolute Gasteiger partial charge is 0.171 e. The molecule has 2 nitrogen and oxygen atoms in total. The van der Waals surface area contributed by atoms with Crippen LogP contribution in [-0.4, -0.2) is 4.98 Å². The van der Waals surface area contributed by atoms with E-state index in [4.69, 9.17) is 4.98 Å². The molecule has 0 aliphatic carbocycles. The van der Waals surface area contributed by atoms with Gasteiger partial charge < -0.3 is 0 Å². The van der Waals surface area contributed by atoms with Crippen molar-refractivity contribution in [1.29, 1.82) is 0 Å². The van der Waals surface area contributed by atoms with Gasteiger partial charge in [0.25, 0.3) is 0 Å². The molecule has 0 atom stereocenters. The summed E-state index contributed by atoms with van der Waals surface area (Å²) in [6, 6.07) is 20.8. The summed E-state index contributed by atoms with van der Waals surface area (Å²) >= 11 is 1.71. The first-order valence-corrected chi connectivity index (χ1v) is 7.06. The predicted octanol–water partition coefficient (Wildman–Crippen LogP) is 3.23. The van der Waals surface area contributed by atoms with Crippen LogP contribution in [0.5, 0.6) is 0 Å². The summed E-state index contributed by atoms with van der Waals surface area (Å²) < 4.78 is 2.13. The fourth-order valence-electron chi connectivity index (χ4n) is 2.09. The molecular formula is C16H15N2S+. The van der Waals surface area contributed by atoms with Crippen LogP contribution in [0.25, 0.3) is 11.4 Å². The van der Waals surface area contributed by atoms with Crippen molar-refractivity contribution in [2.75, 3.05) is 0 Å². The summed E-state index contributed by atoms with van der Waals surface area (Å²) in [6.07, 6.45) is 0.895. The first kappa shape index (κ1) is 12.1. The standard InChI is InChI=1S/C16H15N2S/c1-18-16(14-10-6-3-7-11-14)17-15(19-18)12-13-8-4-2-5-9-13/h2-11H,12H2,1H3/q+1. The van der Waals surface area contributed by atoms with E-state index in [9.17, 15) is 0 Å². The van der Waals surface area contributed by atoms with Crippen molar-refractivity contribution in [2.24, 2.45) is 7.05 Å². The van der Waals surface area contributed by atoms with Gasteiger partial charge in [0.15, 0.2) is 0 Å². The molecule has 0 aliphatic rings.